The number of amides is 1. The molecule has 0 fully saturated rings. The average Bonchev–Trinajstić information content (AvgIpc) is 2.50. The predicted octanol–water partition coefficient (Wildman–Crippen LogP) is 2.78. The Hall–Kier alpha value is -1.01. The lowest BCUT2D eigenvalue weighted by atomic mass is 10.0. The number of hydrogen-bond acceptors (Lipinski definition) is 4. The number of halogens is 2. The number of nitrogens with zero attached hydrogens (tertiary/aromatic N) is 1. The smallest absolute Gasteiger partial charge is 0.239 e. The van der Waals surface area contributed by atoms with Crippen LogP contribution in [0.3, 0.4) is 0 Å². The number of ether oxygens (including phenoxy) is 1. The van der Waals surface area contributed by atoms with Gasteiger partial charge in [0.05, 0.1) is 18.7 Å². The highest BCUT2D eigenvalue weighted by Gasteiger charge is 2.24. The van der Waals surface area contributed by atoms with Gasteiger partial charge in [0.1, 0.15) is 5.75 Å². The van der Waals surface area contributed by atoms with Crippen molar-refractivity contribution in [3.63, 3.8) is 0 Å². The Labute approximate surface area is 158 Å². The minimum Gasteiger partial charge on any atom is -0.497 e. The SMILES string of the molecule is CCN(CC)C(CNC(=O)C(C)(C)N)c1cccc(OC)c1.Cl.Cl. The third-order valence-electron chi connectivity index (χ3n) is 3.77. The van der Waals surface area contributed by atoms with Gasteiger partial charge in [0.15, 0.2) is 0 Å². The molecule has 0 radical (unpaired) electrons. The Morgan fingerprint density at radius 3 is 2.33 bits per heavy atom. The topological polar surface area (TPSA) is 67.6 Å². The van der Waals surface area contributed by atoms with Crippen LogP contribution in [0.1, 0.15) is 39.3 Å². The zero-order chi connectivity index (χ0) is 16.8. The minimum atomic E-state index is -0.873. The van der Waals surface area contributed by atoms with Crippen molar-refractivity contribution in [1.82, 2.24) is 10.2 Å². The molecule has 140 valence electrons. The fourth-order valence-corrected chi connectivity index (χ4v) is 2.39. The van der Waals surface area contributed by atoms with Gasteiger partial charge in [-0.2, -0.15) is 0 Å². The maximum Gasteiger partial charge on any atom is 0.239 e. The molecule has 0 aliphatic carbocycles. The zero-order valence-corrected chi connectivity index (χ0v) is 16.8. The third kappa shape index (κ3) is 7.26. The number of benzene rings is 1. The van der Waals surface area contributed by atoms with Crippen molar-refractivity contribution in [3.05, 3.63) is 29.8 Å². The summed E-state index contributed by atoms with van der Waals surface area (Å²) >= 11 is 0. The first-order chi connectivity index (χ1) is 10.3. The Bertz CT molecular complexity index is 489. The maximum absolute atomic E-state index is 12.0. The number of likely N-dealkylation sites (N-methyl/N-ethyl adjacent to an activating group) is 1. The lowest BCUT2D eigenvalue weighted by molar-refractivity contribution is -0.125. The van der Waals surface area contributed by atoms with Crippen LogP contribution >= 0.6 is 24.8 Å². The van der Waals surface area contributed by atoms with Crippen molar-refractivity contribution in [2.24, 2.45) is 5.73 Å². The van der Waals surface area contributed by atoms with Gasteiger partial charge in [-0.3, -0.25) is 9.69 Å². The molecule has 0 saturated heterocycles. The summed E-state index contributed by atoms with van der Waals surface area (Å²) in [5, 5.41) is 2.96. The molecule has 1 aromatic rings. The Morgan fingerprint density at radius 1 is 1.29 bits per heavy atom. The number of carbonyl (C=O) groups is 1. The third-order valence-corrected chi connectivity index (χ3v) is 3.77. The fourth-order valence-electron chi connectivity index (χ4n) is 2.39. The molecule has 24 heavy (non-hydrogen) atoms. The number of carbonyl (C=O) groups excluding carboxylic acids is 1. The van der Waals surface area contributed by atoms with Crippen molar-refractivity contribution in [2.45, 2.75) is 39.3 Å². The summed E-state index contributed by atoms with van der Waals surface area (Å²) in [6, 6.07) is 8.06. The van der Waals surface area contributed by atoms with E-state index < -0.39 is 5.54 Å². The molecule has 7 heteroatoms. The number of rotatable bonds is 8. The van der Waals surface area contributed by atoms with Gasteiger partial charge in [0.2, 0.25) is 5.91 Å². The molecule has 0 aliphatic heterocycles. The second-order valence-electron chi connectivity index (χ2n) is 5.95. The first-order valence-corrected chi connectivity index (χ1v) is 7.78. The van der Waals surface area contributed by atoms with Crippen LogP contribution in [0.5, 0.6) is 5.75 Å². The summed E-state index contributed by atoms with van der Waals surface area (Å²) in [5.74, 6) is 0.674. The van der Waals surface area contributed by atoms with Gasteiger partial charge < -0.3 is 15.8 Å². The molecule has 0 saturated carbocycles. The van der Waals surface area contributed by atoms with Crippen LogP contribution in [0.15, 0.2) is 24.3 Å². The normalized spacial score (nSPS) is 12.0. The monoisotopic (exact) mass is 379 g/mol. The van der Waals surface area contributed by atoms with E-state index in [1.807, 2.05) is 18.2 Å². The summed E-state index contributed by atoms with van der Waals surface area (Å²) in [4.78, 5) is 14.3. The molecule has 1 amide bonds. The standard InChI is InChI=1S/C17H29N3O2.2ClH/c1-6-20(7-2)15(12-19-16(21)17(3,4)18)13-9-8-10-14(11-13)22-5;;/h8-11,15H,6-7,12,18H2,1-5H3,(H,19,21);2*1H. The van der Waals surface area contributed by atoms with Gasteiger partial charge in [0.25, 0.3) is 0 Å². The van der Waals surface area contributed by atoms with Crippen LogP contribution < -0.4 is 15.8 Å². The van der Waals surface area contributed by atoms with Gasteiger partial charge >= 0.3 is 0 Å². The van der Waals surface area contributed by atoms with Gasteiger partial charge in [-0.05, 0) is 44.6 Å². The lowest BCUT2D eigenvalue weighted by Gasteiger charge is -2.31. The van der Waals surface area contributed by atoms with E-state index in [1.165, 1.54) is 0 Å². The molecule has 0 aliphatic rings. The molecule has 1 aromatic carbocycles. The summed E-state index contributed by atoms with van der Waals surface area (Å²) in [6.07, 6.45) is 0. The Kier molecular flexibility index (Phi) is 12.1. The van der Waals surface area contributed by atoms with E-state index in [-0.39, 0.29) is 36.8 Å². The predicted molar refractivity (Wildman–Crippen MR) is 104 cm³/mol. The largest absolute Gasteiger partial charge is 0.497 e. The number of methoxy groups -OCH3 is 1. The van der Waals surface area contributed by atoms with E-state index in [0.717, 1.165) is 24.4 Å². The molecule has 0 bridgehead atoms. The van der Waals surface area contributed by atoms with Crippen molar-refractivity contribution >= 4 is 30.7 Å². The molecule has 1 unspecified atom stereocenters. The van der Waals surface area contributed by atoms with Gasteiger partial charge in [-0.25, -0.2) is 0 Å². The van der Waals surface area contributed by atoms with Gasteiger partial charge in [-0.1, -0.05) is 26.0 Å². The molecule has 0 spiro atoms. The van der Waals surface area contributed by atoms with Gasteiger partial charge in [-0.15, -0.1) is 24.8 Å². The summed E-state index contributed by atoms with van der Waals surface area (Å²) in [5.41, 5.74) is 6.10. The van der Waals surface area contributed by atoms with E-state index >= 15 is 0 Å². The Morgan fingerprint density at radius 2 is 1.88 bits per heavy atom. The molecular formula is C17H31Cl2N3O2. The van der Waals surface area contributed by atoms with Crippen molar-refractivity contribution in [2.75, 3.05) is 26.7 Å². The number of nitrogens with one attached hydrogen (secondary N) is 1. The summed E-state index contributed by atoms with van der Waals surface area (Å²) in [7, 11) is 1.66. The maximum atomic E-state index is 12.0. The lowest BCUT2D eigenvalue weighted by Crippen LogP contribution is -2.51. The van der Waals surface area contributed by atoms with E-state index in [2.05, 4.69) is 30.1 Å². The van der Waals surface area contributed by atoms with Crippen LogP contribution in [0, 0.1) is 0 Å². The quantitative estimate of drug-likeness (QED) is 0.728. The number of hydrogen-bond donors (Lipinski definition) is 2. The first kappa shape index (κ1) is 25.2. The molecule has 0 aromatic heterocycles. The minimum absolute atomic E-state index is 0. The Balaban J connectivity index is 0. The van der Waals surface area contributed by atoms with Crippen molar-refractivity contribution in [3.8, 4) is 5.75 Å². The van der Waals surface area contributed by atoms with Crippen LogP contribution in [-0.4, -0.2) is 43.1 Å². The molecule has 0 heterocycles. The number of nitrogens with two attached hydrogens (primary N) is 1. The highest BCUT2D eigenvalue weighted by molar-refractivity contribution is 5.86. The van der Waals surface area contributed by atoms with Crippen LogP contribution in [0.2, 0.25) is 0 Å². The van der Waals surface area contributed by atoms with E-state index in [9.17, 15) is 4.79 Å². The molecule has 1 rings (SSSR count). The fraction of sp³-hybridized carbons (Fsp3) is 0.588. The van der Waals surface area contributed by atoms with Crippen molar-refractivity contribution in [1.29, 1.82) is 0 Å². The molecule has 5 nitrogen and oxygen atoms in total. The summed E-state index contributed by atoms with van der Waals surface area (Å²) in [6.45, 7) is 9.98. The zero-order valence-electron chi connectivity index (χ0n) is 15.2. The van der Waals surface area contributed by atoms with Crippen LogP contribution in [0.4, 0.5) is 0 Å². The van der Waals surface area contributed by atoms with Crippen molar-refractivity contribution < 1.29 is 9.53 Å². The van der Waals surface area contributed by atoms with E-state index in [1.54, 1.807) is 21.0 Å². The second-order valence-corrected chi connectivity index (χ2v) is 5.95. The van der Waals surface area contributed by atoms with E-state index in [0.29, 0.717) is 6.54 Å². The molecule has 1 atom stereocenters. The van der Waals surface area contributed by atoms with Crippen LogP contribution in [-0.2, 0) is 4.79 Å². The van der Waals surface area contributed by atoms with E-state index in [4.69, 9.17) is 10.5 Å². The molecule has 3 N–H and O–H groups in total. The highest BCUT2D eigenvalue weighted by atomic mass is 35.5. The second kappa shape index (κ2) is 11.5. The molecular weight excluding hydrogens is 349 g/mol. The van der Waals surface area contributed by atoms with Gasteiger partial charge in [0, 0.05) is 6.54 Å². The highest BCUT2D eigenvalue weighted by Crippen LogP contribution is 2.23. The average molecular weight is 380 g/mol. The first-order valence-electron chi connectivity index (χ1n) is 7.78. The summed E-state index contributed by atoms with van der Waals surface area (Å²) < 4.78 is 5.31. The van der Waals surface area contributed by atoms with Crippen LogP contribution in [0.25, 0.3) is 0 Å².